The molecule has 72 valence electrons. The molecule has 1 aromatic rings. The molecule has 1 aliphatic heterocycles. The molecule has 1 aromatic heterocycles. The number of hydrogen-bond donors (Lipinski definition) is 1. The molecule has 4 heteroatoms. The molecular formula is C9H15N3O. The van der Waals surface area contributed by atoms with Gasteiger partial charge in [0.15, 0.2) is 0 Å². The van der Waals surface area contributed by atoms with Crippen LogP contribution in [0, 0.1) is 0 Å². The number of aromatic nitrogens is 1. The van der Waals surface area contributed by atoms with Crippen LogP contribution < -0.4 is 5.73 Å². The Bertz CT molecular complexity index is 284. The number of nitrogens with zero attached hydrogens (tertiary/aromatic N) is 2. The summed E-state index contributed by atoms with van der Waals surface area (Å²) in [6.45, 7) is 2.25. The highest BCUT2D eigenvalue weighted by atomic mass is 16.4. The molecule has 4 nitrogen and oxygen atoms in total. The summed E-state index contributed by atoms with van der Waals surface area (Å²) in [4.78, 5) is 6.47. The Morgan fingerprint density at radius 3 is 3.15 bits per heavy atom. The zero-order valence-electron chi connectivity index (χ0n) is 7.86. The van der Waals surface area contributed by atoms with Crippen LogP contribution in [0.25, 0.3) is 0 Å². The molecule has 0 aliphatic carbocycles. The van der Waals surface area contributed by atoms with E-state index in [1.54, 1.807) is 6.26 Å². The van der Waals surface area contributed by atoms with E-state index in [9.17, 15) is 0 Å². The van der Waals surface area contributed by atoms with Gasteiger partial charge in [-0.25, -0.2) is 0 Å². The van der Waals surface area contributed by atoms with Gasteiger partial charge in [0.1, 0.15) is 6.26 Å². The highest BCUT2D eigenvalue weighted by molar-refractivity contribution is 5.16. The lowest BCUT2D eigenvalue weighted by molar-refractivity contribution is 0.248. The first-order valence-electron chi connectivity index (χ1n) is 4.65. The van der Waals surface area contributed by atoms with E-state index in [4.69, 9.17) is 10.2 Å². The van der Waals surface area contributed by atoms with Gasteiger partial charge < -0.3 is 15.1 Å². The number of likely N-dealkylation sites (tertiary alicyclic amines) is 1. The minimum Gasteiger partial charge on any atom is -0.432 e. The maximum absolute atomic E-state index is 5.43. The van der Waals surface area contributed by atoms with Gasteiger partial charge in [-0.3, -0.25) is 0 Å². The van der Waals surface area contributed by atoms with E-state index < -0.39 is 0 Å². The first-order chi connectivity index (χ1) is 6.25. The summed E-state index contributed by atoms with van der Waals surface area (Å²) in [5, 5.41) is 0. The Morgan fingerprint density at radius 1 is 1.69 bits per heavy atom. The third-order valence-electron chi connectivity index (χ3n) is 2.58. The van der Waals surface area contributed by atoms with Gasteiger partial charge in [-0.05, 0) is 26.4 Å². The highest BCUT2D eigenvalue weighted by Crippen LogP contribution is 2.25. The van der Waals surface area contributed by atoms with Crippen molar-refractivity contribution in [2.45, 2.75) is 18.8 Å². The van der Waals surface area contributed by atoms with Crippen molar-refractivity contribution in [2.75, 3.05) is 25.9 Å². The fourth-order valence-corrected chi connectivity index (χ4v) is 1.90. The largest absolute Gasteiger partial charge is 0.432 e. The van der Waals surface area contributed by atoms with Gasteiger partial charge in [0.2, 0.25) is 0 Å². The topological polar surface area (TPSA) is 55.3 Å². The molecule has 2 rings (SSSR count). The summed E-state index contributed by atoms with van der Waals surface area (Å²) in [6.07, 6.45) is 4.10. The summed E-state index contributed by atoms with van der Waals surface area (Å²) >= 11 is 0. The molecule has 0 saturated carbocycles. The molecule has 0 radical (unpaired) electrons. The van der Waals surface area contributed by atoms with Gasteiger partial charge in [0.25, 0.3) is 6.01 Å². The second kappa shape index (κ2) is 3.38. The van der Waals surface area contributed by atoms with Crippen molar-refractivity contribution in [1.82, 2.24) is 9.88 Å². The van der Waals surface area contributed by atoms with Gasteiger partial charge in [-0.15, -0.1) is 0 Å². The van der Waals surface area contributed by atoms with Crippen LogP contribution in [0.3, 0.4) is 0 Å². The van der Waals surface area contributed by atoms with Crippen LogP contribution in [0.5, 0.6) is 0 Å². The van der Waals surface area contributed by atoms with Gasteiger partial charge in [-0.1, -0.05) is 0 Å². The van der Waals surface area contributed by atoms with Crippen molar-refractivity contribution >= 4 is 6.01 Å². The van der Waals surface area contributed by atoms with Crippen molar-refractivity contribution in [3.63, 3.8) is 0 Å². The third kappa shape index (κ3) is 1.83. The lowest BCUT2D eigenvalue weighted by atomic mass is 9.96. The molecule has 0 spiro atoms. The highest BCUT2D eigenvalue weighted by Gasteiger charge is 2.21. The molecule has 0 amide bonds. The number of likely N-dealkylation sites (N-methyl/N-ethyl adjacent to an activating group) is 1. The average molecular weight is 181 g/mol. The summed E-state index contributed by atoms with van der Waals surface area (Å²) in [5.74, 6) is 0.500. The number of oxazole rings is 1. The predicted molar refractivity (Wildman–Crippen MR) is 50.4 cm³/mol. The fourth-order valence-electron chi connectivity index (χ4n) is 1.90. The minimum atomic E-state index is 0.281. The lowest BCUT2D eigenvalue weighted by Crippen LogP contribution is -2.30. The van der Waals surface area contributed by atoms with E-state index in [0.29, 0.717) is 5.92 Å². The maximum atomic E-state index is 5.43. The van der Waals surface area contributed by atoms with Crippen LogP contribution in [0.1, 0.15) is 24.5 Å². The molecule has 1 atom stereocenters. The minimum absolute atomic E-state index is 0.281. The van der Waals surface area contributed by atoms with Crippen LogP contribution in [0.2, 0.25) is 0 Å². The normalized spacial score (nSPS) is 24.8. The standard InChI is InChI=1S/C9H15N3O/c1-12-4-2-3-7(5-12)8-6-13-9(10)11-8/h6-7H,2-5H2,1H3,(H2,10,11). The van der Waals surface area contributed by atoms with Crippen molar-refractivity contribution in [3.8, 4) is 0 Å². The Morgan fingerprint density at radius 2 is 2.54 bits per heavy atom. The predicted octanol–water partition coefficient (Wildman–Crippen LogP) is 1.07. The number of rotatable bonds is 1. The van der Waals surface area contributed by atoms with Gasteiger partial charge in [0, 0.05) is 12.5 Å². The summed E-state index contributed by atoms with van der Waals surface area (Å²) < 4.78 is 5.00. The Kier molecular flexibility index (Phi) is 2.22. The van der Waals surface area contributed by atoms with E-state index in [0.717, 1.165) is 12.2 Å². The number of anilines is 1. The smallest absolute Gasteiger partial charge is 0.292 e. The third-order valence-corrected chi connectivity index (χ3v) is 2.58. The summed E-state index contributed by atoms with van der Waals surface area (Å²) in [7, 11) is 2.13. The van der Waals surface area contributed by atoms with E-state index in [1.807, 2.05) is 0 Å². The van der Waals surface area contributed by atoms with Crippen LogP contribution in [0.4, 0.5) is 6.01 Å². The van der Waals surface area contributed by atoms with Crippen molar-refractivity contribution in [3.05, 3.63) is 12.0 Å². The molecule has 2 heterocycles. The van der Waals surface area contributed by atoms with Crippen molar-refractivity contribution < 1.29 is 4.42 Å². The van der Waals surface area contributed by atoms with Crippen LogP contribution in [0.15, 0.2) is 10.7 Å². The molecule has 2 N–H and O–H groups in total. The van der Waals surface area contributed by atoms with Gasteiger partial charge in [-0.2, -0.15) is 4.98 Å². The summed E-state index contributed by atoms with van der Waals surface area (Å²) in [5.41, 5.74) is 6.43. The number of nitrogen functional groups attached to an aromatic ring is 1. The molecular weight excluding hydrogens is 166 g/mol. The molecule has 0 bridgehead atoms. The summed E-state index contributed by atoms with van der Waals surface area (Å²) in [6, 6.07) is 0.281. The zero-order chi connectivity index (χ0) is 9.26. The zero-order valence-corrected chi connectivity index (χ0v) is 7.86. The van der Waals surface area contributed by atoms with E-state index in [1.165, 1.54) is 19.4 Å². The Hall–Kier alpha value is -1.03. The van der Waals surface area contributed by atoms with Crippen molar-refractivity contribution in [2.24, 2.45) is 0 Å². The number of hydrogen-bond acceptors (Lipinski definition) is 4. The maximum Gasteiger partial charge on any atom is 0.292 e. The number of piperidine rings is 1. The van der Waals surface area contributed by atoms with E-state index in [2.05, 4.69) is 16.9 Å². The van der Waals surface area contributed by atoms with Crippen LogP contribution in [-0.4, -0.2) is 30.0 Å². The quantitative estimate of drug-likeness (QED) is 0.704. The Labute approximate surface area is 77.7 Å². The Balaban J connectivity index is 2.08. The first kappa shape index (κ1) is 8.56. The lowest BCUT2D eigenvalue weighted by Gasteiger charge is -2.28. The van der Waals surface area contributed by atoms with Gasteiger partial charge >= 0.3 is 0 Å². The monoisotopic (exact) mass is 181 g/mol. The van der Waals surface area contributed by atoms with Crippen LogP contribution >= 0.6 is 0 Å². The first-order valence-corrected chi connectivity index (χ1v) is 4.65. The second-order valence-electron chi connectivity index (χ2n) is 3.71. The van der Waals surface area contributed by atoms with E-state index >= 15 is 0 Å². The molecule has 1 unspecified atom stereocenters. The average Bonchev–Trinajstić information content (AvgIpc) is 2.52. The van der Waals surface area contributed by atoms with Gasteiger partial charge in [0.05, 0.1) is 5.69 Å². The fraction of sp³-hybridized carbons (Fsp3) is 0.667. The molecule has 1 saturated heterocycles. The van der Waals surface area contributed by atoms with Crippen molar-refractivity contribution in [1.29, 1.82) is 0 Å². The second-order valence-corrected chi connectivity index (χ2v) is 3.71. The SMILES string of the molecule is CN1CCCC(c2coc(N)n2)C1. The molecule has 13 heavy (non-hydrogen) atoms. The number of nitrogens with two attached hydrogens (primary N) is 1. The molecule has 0 aromatic carbocycles. The van der Waals surface area contributed by atoms with E-state index in [-0.39, 0.29) is 6.01 Å². The molecule has 1 aliphatic rings. The molecule has 1 fully saturated rings. The van der Waals surface area contributed by atoms with Crippen LogP contribution in [-0.2, 0) is 0 Å².